The van der Waals surface area contributed by atoms with E-state index in [2.05, 4.69) is 37.9 Å². The third kappa shape index (κ3) is 3.93. The molecule has 0 aliphatic carbocycles. The molecule has 2 aromatic carbocycles. The van der Waals surface area contributed by atoms with Crippen LogP contribution in [0.15, 0.2) is 54.6 Å². The molecule has 0 amide bonds. The Morgan fingerprint density at radius 2 is 1.89 bits per heavy atom. The van der Waals surface area contributed by atoms with Crippen LogP contribution in [0.1, 0.15) is 24.4 Å². The van der Waals surface area contributed by atoms with Crippen molar-refractivity contribution in [2.45, 2.75) is 18.9 Å². The number of benzene rings is 2. The Labute approximate surface area is 159 Å². The number of aromatic nitrogens is 4. The van der Waals surface area contributed by atoms with Crippen molar-refractivity contribution >= 4 is 5.95 Å². The number of rotatable bonds is 7. The van der Waals surface area contributed by atoms with Gasteiger partial charge in [-0.15, -0.1) is 0 Å². The van der Waals surface area contributed by atoms with Gasteiger partial charge in [-0.3, -0.25) is 4.90 Å². The minimum absolute atomic E-state index is 0.239. The molecule has 1 aliphatic rings. The third-order valence-electron chi connectivity index (χ3n) is 4.98. The number of likely N-dealkylation sites (tertiary alicyclic amines) is 1. The van der Waals surface area contributed by atoms with Gasteiger partial charge in [0.2, 0.25) is 5.95 Å². The largest absolute Gasteiger partial charge is 0.497 e. The van der Waals surface area contributed by atoms with Gasteiger partial charge in [-0.2, -0.15) is 4.68 Å². The van der Waals surface area contributed by atoms with Crippen molar-refractivity contribution in [2.75, 3.05) is 32.1 Å². The molecule has 1 saturated heterocycles. The molecule has 7 heteroatoms. The van der Waals surface area contributed by atoms with Gasteiger partial charge in [0.05, 0.1) is 18.8 Å². The average Bonchev–Trinajstić information content (AvgIpc) is 3.41. The van der Waals surface area contributed by atoms with E-state index in [-0.39, 0.29) is 6.04 Å². The molecule has 0 spiro atoms. The quantitative estimate of drug-likeness (QED) is 0.695. The summed E-state index contributed by atoms with van der Waals surface area (Å²) in [7, 11) is 1.70. The molecule has 1 aliphatic heterocycles. The molecule has 1 fully saturated rings. The second-order valence-corrected chi connectivity index (χ2v) is 6.67. The highest BCUT2D eigenvalue weighted by Gasteiger charge is 2.24. The molecule has 1 aromatic heterocycles. The van der Waals surface area contributed by atoms with Crippen molar-refractivity contribution in [3.05, 3.63) is 60.2 Å². The maximum absolute atomic E-state index is 5.42. The zero-order valence-electron chi connectivity index (χ0n) is 15.5. The summed E-state index contributed by atoms with van der Waals surface area (Å²) in [6.07, 6.45) is 2.48. The van der Waals surface area contributed by atoms with Gasteiger partial charge in [0.15, 0.2) is 0 Å². The predicted octanol–water partition coefficient (Wildman–Crippen LogP) is 2.92. The van der Waals surface area contributed by atoms with Crippen molar-refractivity contribution < 1.29 is 4.74 Å². The first-order valence-electron chi connectivity index (χ1n) is 9.31. The van der Waals surface area contributed by atoms with Crippen molar-refractivity contribution in [3.63, 3.8) is 0 Å². The standard InChI is InChI=1S/C20H24N6O/c1-27-18-11-7-8-16(14-18)19(25-12-5-6-13-25)15-21-20-22-23-24-26(20)17-9-3-2-4-10-17/h2-4,7-11,14,19H,5-6,12-13,15H2,1H3,(H,21,22,24)/t19-/m0/s1. The molecule has 0 unspecified atom stereocenters. The van der Waals surface area contributed by atoms with Crippen molar-refractivity contribution in [1.82, 2.24) is 25.1 Å². The second kappa shape index (κ2) is 8.18. The third-order valence-corrected chi connectivity index (χ3v) is 4.98. The van der Waals surface area contributed by atoms with Gasteiger partial charge in [-0.1, -0.05) is 35.4 Å². The van der Waals surface area contributed by atoms with Gasteiger partial charge in [-0.05, 0) is 66.2 Å². The van der Waals surface area contributed by atoms with E-state index in [4.69, 9.17) is 4.74 Å². The zero-order chi connectivity index (χ0) is 18.5. The molecule has 0 bridgehead atoms. The van der Waals surface area contributed by atoms with Gasteiger partial charge in [0.1, 0.15) is 5.75 Å². The molecule has 27 heavy (non-hydrogen) atoms. The average molecular weight is 364 g/mol. The Morgan fingerprint density at radius 1 is 1.07 bits per heavy atom. The van der Waals surface area contributed by atoms with Gasteiger partial charge in [-0.25, -0.2) is 0 Å². The maximum Gasteiger partial charge on any atom is 0.247 e. The van der Waals surface area contributed by atoms with E-state index in [1.165, 1.54) is 18.4 Å². The second-order valence-electron chi connectivity index (χ2n) is 6.67. The Morgan fingerprint density at radius 3 is 2.67 bits per heavy atom. The van der Waals surface area contributed by atoms with Crippen LogP contribution in [0.4, 0.5) is 5.95 Å². The summed E-state index contributed by atoms with van der Waals surface area (Å²) in [4.78, 5) is 2.51. The first-order valence-corrected chi connectivity index (χ1v) is 9.31. The molecular formula is C20H24N6O. The number of nitrogens with one attached hydrogen (secondary N) is 1. The van der Waals surface area contributed by atoms with E-state index in [0.29, 0.717) is 5.95 Å². The van der Waals surface area contributed by atoms with E-state index in [1.807, 2.05) is 42.5 Å². The summed E-state index contributed by atoms with van der Waals surface area (Å²) in [5.74, 6) is 1.53. The highest BCUT2D eigenvalue weighted by molar-refractivity contribution is 5.39. The van der Waals surface area contributed by atoms with E-state index in [0.717, 1.165) is 31.1 Å². The fourth-order valence-electron chi connectivity index (χ4n) is 3.59. The summed E-state index contributed by atoms with van der Waals surface area (Å²) in [6.45, 7) is 2.93. The molecule has 0 radical (unpaired) electrons. The SMILES string of the molecule is COc1cccc([C@H](CNc2nnnn2-c2ccccc2)N2CCCC2)c1. The first-order chi connectivity index (χ1) is 13.3. The van der Waals surface area contributed by atoms with E-state index in [9.17, 15) is 0 Å². The number of anilines is 1. The topological polar surface area (TPSA) is 68.1 Å². The number of nitrogens with zero attached hydrogens (tertiary/aromatic N) is 5. The summed E-state index contributed by atoms with van der Waals surface area (Å²) >= 11 is 0. The van der Waals surface area contributed by atoms with Gasteiger partial charge < -0.3 is 10.1 Å². The first kappa shape index (κ1) is 17.5. The number of hydrogen-bond acceptors (Lipinski definition) is 6. The monoisotopic (exact) mass is 364 g/mol. The van der Waals surface area contributed by atoms with Crippen molar-refractivity contribution in [2.24, 2.45) is 0 Å². The summed E-state index contributed by atoms with van der Waals surface area (Å²) < 4.78 is 7.15. The highest BCUT2D eigenvalue weighted by atomic mass is 16.5. The fraction of sp³-hybridized carbons (Fsp3) is 0.350. The van der Waals surface area contributed by atoms with E-state index >= 15 is 0 Å². The van der Waals surface area contributed by atoms with Crippen LogP contribution < -0.4 is 10.1 Å². The Balaban J connectivity index is 1.55. The lowest BCUT2D eigenvalue weighted by Gasteiger charge is -2.28. The van der Waals surface area contributed by atoms with Gasteiger partial charge in [0, 0.05) is 6.54 Å². The van der Waals surface area contributed by atoms with Crippen LogP contribution in [0.25, 0.3) is 5.69 Å². The molecule has 0 saturated carbocycles. The van der Waals surface area contributed by atoms with Crippen LogP contribution >= 0.6 is 0 Å². The number of hydrogen-bond donors (Lipinski definition) is 1. The molecule has 7 nitrogen and oxygen atoms in total. The van der Waals surface area contributed by atoms with Crippen LogP contribution in [0.2, 0.25) is 0 Å². The van der Waals surface area contributed by atoms with Gasteiger partial charge >= 0.3 is 0 Å². The van der Waals surface area contributed by atoms with Crippen LogP contribution in [0.3, 0.4) is 0 Å². The zero-order valence-corrected chi connectivity index (χ0v) is 15.5. The maximum atomic E-state index is 5.42. The summed E-state index contributed by atoms with van der Waals surface area (Å²) in [5.41, 5.74) is 2.17. The van der Waals surface area contributed by atoms with Crippen molar-refractivity contribution in [3.8, 4) is 11.4 Å². The number of tetrazole rings is 1. The molecule has 1 atom stereocenters. The fourth-order valence-corrected chi connectivity index (χ4v) is 3.59. The molecular weight excluding hydrogens is 340 g/mol. The summed E-state index contributed by atoms with van der Waals surface area (Å²) in [5, 5.41) is 15.6. The lowest BCUT2D eigenvalue weighted by atomic mass is 10.1. The van der Waals surface area contributed by atoms with Crippen LogP contribution in [-0.2, 0) is 0 Å². The number of para-hydroxylation sites is 1. The molecule has 4 rings (SSSR count). The lowest BCUT2D eigenvalue weighted by molar-refractivity contribution is 0.255. The van der Waals surface area contributed by atoms with E-state index in [1.54, 1.807) is 11.8 Å². The smallest absolute Gasteiger partial charge is 0.247 e. The molecule has 140 valence electrons. The Bertz CT molecular complexity index is 860. The normalized spacial score (nSPS) is 15.6. The molecule has 2 heterocycles. The predicted molar refractivity (Wildman–Crippen MR) is 104 cm³/mol. The van der Waals surface area contributed by atoms with Crippen molar-refractivity contribution in [1.29, 1.82) is 0 Å². The van der Waals surface area contributed by atoms with Crippen LogP contribution in [0.5, 0.6) is 5.75 Å². The van der Waals surface area contributed by atoms with Crippen LogP contribution in [0, 0.1) is 0 Å². The number of ether oxygens (including phenoxy) is 1. The molecule has 3 aromatic rings. The Hall–Kier alpha value is -2.93. The number of methoxy groups -OCH3 is 1. The lowest BCUT2D eigenvalue weighted by Crippen LogP contribution is -2.31. The summed E-state index contributed by atoms with van der Waals surface area (Å²) in [6, 6.07) is 18.4. The Kier molecular flexibility index (Phi) is 5.29. The minimum atomic E-state index is 0.239. The highest BCUT2D eigenvalue weighted by Crippen LogP contribution is 2.28. The molecule has 1 N–H and O–H groups in total. The van der Waals surface area contributed by atoms with Gasteiger partial charge in [0.25, 0.3) is 0 Å². The minimum Gasteiger partial charge on any atom is -0.497 e. The van der Waals surface area contributed by atoms with Crippen LogP contribution in [-0.4, -0.2) is 51.9 Å². The van der Waals surface area contributed by atoms with E-state index < -0.39 is 0 Å².